The molecule has 118 valence electrons. The van der Waals surface area contributed by atoms with Gasteiger partial charge in [0.1, 0.15) is 5.69 Å². The van der Waals surface area contributed by atoms with Crippen molar-refractivity contribution in [3.8, 4) is 23.0 Å². The first-order valence-electron chi connectivity index (χ1n) is 7.19. The summed E-state index contributed by atoms with van der Waals surface area (Å²) in [4.78, 5) is 8.57. The second-order valence-electron chi connectivity index (χ2n) is 5.57. The Balaban J connectivity index is 1.96. The van der Waals surface area contributed by atoms with Gasteiger partial charge in [-0.25, -0.2) is 0 Å². The summed E-state index contributed by atoms with van der Waals surface area (Å²) in [5.41, 5.74) is 1.61. The van der Waals surface area contributed by atoms with Gasteiger partial charge in [0.25, 0.3) is 5.89 Å². The number of benzene rings is 1. The molecule has 1 unspecified atom stereocenters. The van der Waals surface area contributed by atoms with Crippen LogP contribution >= 0.6 is 12.6 Å². The van der Waals surface area contributed by atoms with Crippen molar-refractivity contribution in [1.29, 1.82) is 0 Å². The molecule has 0 bridgehead atoms. The quantitative estimate of drug-likeness (QED) is 0.720. The number of aromatic nitrogens is 3. The zero-order valence-electron chi connectivity index (χ0n) is 12.6. The summed E-state index contributed by atoms with van der Waals surface area (Å²) in [6, 6.07) is 13.0. The summed E-state index contributed by atoms with van der Waals surface area (Å²) in [5.74, 6) is 1.22. The van der Waals surface area contributed by atoms with E-state index in [2.05, 4.69) is 27.8 Å². The highest BCUT2D eigenvalue weighted by atomic mass is 32.1. The molecule has 0 radical (unpaired) electrons. The van der Waals surface area contributed by atoms with Gasteiger partial charge in [-0.15, -0.1) is 0 Å². The number of alkyl halides is 1. The standard InChI is InChI=1S/C17H16FN3OS/c1-17(10-18,11-23)13-6-4-5-12(9-13)16-20-15(21-22-16)14-7-2-3-8-19-14/h2-9,23H,10-11H2,1H3. The summed E-state index contributed by atoms with van der Waals surface area (Å²) in [5, 5.41) is 3.96. The fourth-order valence-electron chi connectivity index (χ4n) is 2.18. The molecule has 0 saturated carbocycles. The maximum absolute atomic E-state index is 13.4. The lowest BCUT2D eigenvalue weighted by molar-refractivity contribution is 0.356. The summed E-state index contributed by atoms with van der Waals surface area (Å²) >= 11 is 4.27. The number of hydrogen-bond acceptors (Lipinski definition) is 5. The van der Waals surface area contributed by atoms with Crippen molar-refractivity contribution < 1.29 is 8.91 Å². The van der Waals surface area contributed by atoms with Crippen molar-refractivity contribution >= 4 is 12.6 Å². The Kier molecular flexibility index (Phi) is 4.43. The third-order valence-electron chi connectivity index (χ3n) is 3.77. The number of hydrogen-bond donors (Lipinski definition) is 1. The minimum Gasteiger partial charge on any atom is -0.334 e. The molecule has 0 aliphatic rings. The SMILES string of the molecule is CC(CF)(CS)c1cccc(-c2nc(-c3ccccn3)no2)c1. The van der Waals surface area contributed by atoms with Gasteiger partial charge in [-0.05, 0) is 29.8 Å². The van der Waals surface area contributed by atoms with E-state index in [0.29, 0.717) is 23.2 Å². The third kappa shape index (κ3) is 3.12. The zero-order chi connectivity index (χ0) is 16.3. The van der Waals surface area contributed by atoms with Gasteiger partial charge >= 0.3 is 0 Å². The summed E-state index contributed by atoms with van der Waals surface area (Å²) in [6.45, 7) is 1.36. The molecule has 4 nitrogen and oxygen atoms in total. The average Bonchev–Trinajstić information content (AvgIpc) is 3.12. The predicted octanol–water partition coefficient (Wildman–Crippen LogP) is 3.96. The minimum absolute atomic E-state index is 0.382. The monoisotopic (exact) mass is 329 g/mol. The van der Waals surface area contributed by atoms with Crippen LogP contribution in [0, 0.1) is 0 Å². The Morgan fingerprint density at radius 2 is 2.09 bits per heavy atom. The Hall–Kier alpha value is -2.21. The van der Waals surface area contributed by atoms with Crippen LogP contribution in [-0.2, 0) is 5.41 Å². The van der Waals surface area contributed by atoms with Gasteiger partial charge in [-0.1, -0.05) is 30.3 Å². The largest absolute Gasteiger partial charge is 0.334 e. The lowest BCUT2D eigenvalue weighted by Gasteiger charge is -2.24. The van der Waals surface area contributed by atoms with E-state index in [1.54, 1.807) is 6.20 Å². The first-order valence-corrected chi connectivity index (χ1v) is 7.82. The van der Waals surface area contributed by atoms with Gasteiger partial charge in [-0.3, -0.25) is 9.37 Å². The summed E-state index contributed by atoms with van der Waals surface area (Å²) < 4.78 is 18.7. The molecule has 3 rings (SSSR count). The molecule has 0 aliphatic carbocycles. The molecule has 2 aromatic heterocycles. The Morgan fingerprint density at radius 1 is 1.22 bits per heavy atom. The summed E-state index contributed by atoms with van der Waals surface area (Å²) in [7, 11) is 0. The van der Waals surface area contributed by atoms with Crippen molar-refractivity contribution in [3.05, 3.63) is 54.2 Å². The molecule has 0 saturated heterocycles. The van der Waals surface area contributed by atoms with Gasteiger partial charge in [0.15, 0.2) is 0 Å². The normalized spacial score (nSPS) is 13.7. The highest BCUT2D eigenvalue weighted by Crippen LogP contribution is 2.29. The molecule has 6 heteroatoms. The van der Waals surface area contributed by atoms with Crippen LogP contribution in [0.2, 0.25) is 0 Å². The molecule has 0 amide bonds. The number of nitrogens with zero attached hydrogens (tertiary/aromatic N) is 3. The first-order chi connectivity index (χ1) is 11.2. The third-order valence-corrected chi connectivity index (χ3v) is 4.47. The van der Waals surface area contributed by atoms with E-state index in [0.717, 1.165) is 11.1 Å². The van der Waals surface area contributed by atoms with Crippen LogP contribution < -0.4 is 0 Å². The van der Waals surface area contributed by atoms with Crippen LogP contribution in [0.1, 0.15) is 12.5 Å². The van der Waals surface area contributed by atoms with E-state index in [4.69, 9.17) is 4.52 Å². The molecule has 1 atom stereocenters. The second-order valence-corrected chi connectivity index (χ2v) is 5.89. The van der Waals surface area contributed by atoms with Gasteiger partial charge < -0.3 is 4.52 Å². The molecule has 2 heterocycles. The molecule has 3 aromatic rings. The van der Waals surface area contributed by atoms with Gasteiger partial charge in [-0.2, -0.15) is 17.6 Å². The maximum atomic E-state index is 13.4. The molecule has 0 N–H and O–H groups in total. The fraction of sp³-hybridized carbons (Fsp3) is 0.235. The van der Waals surface area contributed by atoms with E-state index in [9.17, 15) is 4.39 Å². The van der Waals surface area contributed by atoms with Crippen LogP contribution in [0.3, 0.4) is 0 Å². The molecular weight excluding hydrogens is 313 g/mol. The lowest BCUT2D eigenvalue weighted by atomic mass is 9.85. The van der Waals surface area contributed by atoms with E-state index in [1.165, 1.54) is 0 Å². The number of pyridine rings is 1. The number of thiol groups is 1. The fourth-order valence-corrected chi connectivity index (χ4v) is 2.45. The van der Waals surface area contributed by atoms with E-state index >= 15 is 0 Å². The van der Waals surface area contributed by atoms with Gasteiger partial charge in [0, 0.05) is 22.9 Å². The highest BCUT2D eigenvalue weighted by molar-refractivity contribution is 7.80. The topological polar surface area (TPSA) is 51.8 Å². The maximum Gasteiger partial charge on any atom is 0.258 e. The molecule has 0 spiro atoms. The summed E-state index contributed by atoms with van der Waals surface area (Å²) in [6.07, 6.45) is 1.67. The highest BCUT2D eigenvalue weighted by Gasteiger charge is 2.26. The molecule has 0 fully saturated rings. The number of halogens is 1. The van der Waals surface area contributed by atoms with Crippen LogP contribution in [0.25, 0.3) is 23.0 Å². The van der Waals surface area contributed by atoms with E-state index in [1.807, 2.05) is 49.4 Å². The Morgan fingerprint density at radius 3 is 2.78 bits per heavy atom. The first kappa shape index (κ1) is 15.7. The molecular formula is C17H16FN3OS. The smallest absolute Gasteiger partial charge is 0.258 e. The molecule has 0 aliphatic heterocycles. The molecule has 23 heavy (non-hydrogen) atoms. The van der Waals surface area contributed by atoms with E-state index < -0.39 is 12.1 Å². The molecule has 1 aromatic carbocycles. The zero-order valence-corrected chi connectivity index (χ0v) is 13.5. The Bertz CT molecular complexity index is 787. The van der Waals surface area contributed by atoms with Crippen LogP contribution in [0.15, 0.2) is 53.2 Å². The lowest BCUT2D eigenvalue weighted by Crippen LogP contribution is -2.26. The minimum atomic E-state index is -0.636. The predicted molar refractivity (Wildman–Crippen MR) is 90.1 cm³/mol. The average molecular weight is 329 g/mol. The van der Waals surface area contributed by atoms with Crippen molar-refractivity contribution in [3.63, 3.8) is 0 Å². The second kappa shape index (κ2) is 6.50. The van der Waals surface area contributed by atoms with Crippen LogP contribution in [0.5, 0.6) is 0 Å². The van der Waals surface area contributed by atoms with Crippen molar-refractivity contribution in [1.82, 2.24) is 15.1 Å². The van der Waals surface area contributed by atoms with Crippen LogP contribution in [-0.4, -0.2) is 27.6 Å². The van der Waals surface area contributed by atoms with E-state index in [-0.39, 0.29) is 0 Å². The van der Waals surface area contributed by atoms with Gasteiger partial charge in [0.2, 0.25) is 5.82 Å². The number of rotatable bonds is 5. The van der Waals surface area contributed by atoms with Gasteiger partial charge in [0.05, 0.1) is 6.67 Å². The van der Waals surface area contributed by atoms with Crippen molar-refractivity contribution in [2.75, 3.05) is 12.4 Å². The Labute approximate surface area is 139 Å². The van der Waals surface area contributed by atoms with Crippen molar-refractivity contribution in [2.45, 2.75) is 12.3 Å². The van der Waals surface area contributed by atoms with Crippen molar-refractivity contribution in [2.24, 2.45) is 0 Å². The van der Waals surface area contributed by atoms with Crippen LogP contribution in [0.4, 0.5) is 4.39 Å².